The summed E-state index contributed by atoms with van der Waals surface area (Å²) in [5.74, 6) is 0.924. The monoisotopic (exact) mass is 508 g/mol. The largest absolute Gasteiger partial charge is 0.440 e. The fourth-order valence-corrected chi connectivity index (χ4v) is 5.69. The molecule has 2 aliphatic rings. The van der Waals surface area contributed by atoms with Crippen LogP contribution in [0.5, 0.6) is 11.6 Å². The van der Waals surface area contributed by atoms with Crippen molar-refractivity contribution in [3.05, 3.63) is 89.0 Å². The Morgan fingerprint density at radius 1 is 1.00 bits per heavy atom. The zero-order valence-electron chi connectivity index (χ0n) is 22.4. The van der Waals surface area contributed by atoms with E-state index in [2.05, 4.69) is 50.0 Å². The Bertz CT molecular complexity index is 1540. The van der Waals surface area contributed by atoms with E-state index in [1.54, 1.807) is 0 Å². The number of nitrogens with one attached hydrogen (secondary N) is 1. The van der Waals surface area contributed by atoms with Crippen molar-refractivity contribution in [1.82, 2.24) is 9.78 Å². The molecule has 1 aromatic heterocycles. The van der Waals surface area contributed by atoms with E-state index in [-0.39, 0.29) is 12.0 Å². The van der Waals surface area contributed by atoms with E-state index in [0.717, 1.165) is 52.4 Å². The molecule has 4 aromatic rings. The molecule has 2 aliphatic heterocycles. The summed E-state index contributed by atoms with van der Waals surface area (Å²) < 4.78 is 15.1. The summed E-state index contributed by atoms with van der Waals surface area (Å²) in [7, 11) is 1.89. The van der Waals surface area contributed by atoms with Gasteiger partial charge in [-0.05, 0) is 58.0 Å². The van der Waals surface area contributed by atoms with Gasteiger partial charge in [-0.2, -0.15) is 5.10 Å². The molecular weight excluding hydrogens is 476 g/mol. The molecule has 0 aliphatic carbocycles. The number of aromatic nitrogens is 2. The number of benzene rings is 3. The second-order valence-corrected chi connectivity index (χ2v) is 9.97. The Balaban J connectivity index is 1.68. The molecule has 0 fully saturated rings. The Morgan fingerprint density at radius 2 is 1.74 bits per heavy atom. The number of nitrogens with zero attached hydrogens (tertiary/aromatic N) is 3. The molecule has 0 saturated heterocycles. The molecule has 7 heteroatoms. The third kappa shape index (κ3) is 3.34. The first-order valence-electron chi connectivity index (χ1n) is 13.2. The molecule has 1 atom stereocenters. The lowest BCUT2D eigenvalue weighted by atomic mass is 9.77. The number of carbonyl (C=O) groups excluding carboxylic acids is 1. The summed E-state index contributed by atoms with van der Waals surface area (Å²) in [5.41, 5.74) is 5.47. The van der Waals surface area contributed by atoms with Gasteiger partial charge in [0, 0.05) is 54.3 Å². The van der Waals surface area contributed by atoms with E-state index < -0.39 is 5.60 Å². The third-order valence-electron chi connectivity index (χ3n) is 7.61. The van der Waals surface area contributed by atoms with Crippen LogP contribution in [0.25, 0.3) is 11.3 Å². The maximum Gasteiger partial charge on any atom is 0.340 e. The molecule has 0 bridgehead atoms. The molecule has 1 spiro atoms. The quantitative estimate of drug-likeness (QED) is 0.297. The predicted octanol–water partition coefficient (Wildman–Crippen LogP) is 6.59. The lowest BCUT2D eigenvalue weighted by Gasteiger charge is -2.36. The number of carbonyl (C=O) groups is 1. The van der Waals surface area contributed by atoms with Crippen molar-refractivity contribution < 1.29 is 14.3 Å². The number of fused-ring (bicyclic) bond motifs is 6. The number of anilines is 2. The second kappa shape index (κ2) is 8.94. The van der Waals surface area contributed by atoms with E-state index in [0.29, 0.717) is 17.2 Å². The molecule has 194 valence electrons. The molecular formula is C31H32N4O3. The van der Waals surface area contributed by atoms with Crippen LogP contribution in [0.1, 0.15) is 60.8 Å². The highest BCUT2D eigenvalue weighted by Gasteiger charge is 2.56. The van der Waals surface area contributed by atoms with Crippen molar-refractivity contribution in [2.45, 2.75) is 39.3 Å². The van der Waals surface area contributed by atoms with Gasteiger partial charge in [0.05, 0.1) is 17.2 Å². The lowest BCUT2D eigenvalue weighted by Crippen LogP contribution is -2.33. The van der Waals surface area contributed by atoms with E-state index in [9.17, 15) is 4.79 Å². The van der Waals surface area contributed by atoms with E-state index in [1.165, 1.54) is 0 Å². The van der Waals surface area contributed by atoms with Gasteiger partial charge in [0.25, 0.3) is 0 Å². The van der Waals surface area contributed by atoms with Crippen molar-refractivity contribution >= 4 is 17.3 Å². The predicted molar refractivity (Wildman–Crippen MR) is 149 cm³/mol. The van der Waals surface area contributed by atoms with Crippen molar-refractivity contribution in [2.24, 2.45) is 0 Å². The first-order valence-corrected chi connectivity index (χ1v) is 13.2. The van der Waals surface area contributed by atoms with E-state index in [4.69, 9.17) is 14.6 Å². The topological polar surface area (TPSA) is 68.6 Å². The van der Waals surface area contributed by atoms with Crippen LogP contribution in [-0.4, -0.2) is 35.9 Å². The number of ether oxygens (including phenoxy) is 2. The zero-order valence-corrected chi connectivity index (χ0v) is 22.4. The fourth-order valence-electron chi connectivity index (χ4n) is 5.69. The van der Waals surface area contributed by atoms with Crippen LogP contribution in [0.4, 0.5) is 11.4 Å². The van der Waals surface area contributed by atoms with Crippen LogP contribution in [0.15, 0.2) is 66.7 Å². The number of hydrogen-bond acceptors (Lipinski definition) is 6. The Kier molecular flexibility index (Phi) is 5.67. The summed E-state index contributed by atoms with van der Waals surface area (Å²) in [6.07, 6.45) is 0. The van der Waals surface area contributed by atoms with Gasteiger partial charge in [0.1, 0.15) is 11.4 Å². The van der Waals surface area contributed by atoms with Gasteiger partial charge in [0.15, 0.2) is 5.60 Å². The molecule has 38 heavy (non-hydrogen) atoms. The van der Waals surface area contributed by atoms with E-state index >= 15 is 0 Å². The molecule has 0 saturated carbocycles. The molecule has 1 unspecified atom stereocenters. The zero-order chi connectivity index (χ0) is 26.6. The maximum absolute atomic E-state index is 13.4. The second-order valence-electron chi connectivity index (χ2n) is 9.97. The molecule has 7 nitrogen and oxygen atoms in total. The van der Waals surface area contributed by atoms with Gasteiger partial charge in [-0.25, -0.2) is 9.48 Å². The van der Waals surface area contributed by atoms with Gasteiger partial charge in [-0.15, -0.1) is 0 Å². The third-order valence-corrected chi connectivity index (χ3v) is 7.61. The number of rotatable bonds is 6. The highest BCUT2D eigenvalue weighted by molar-refractivity contribution is 5.97. The Hall–Kier alpha value is -4.26. The number of hydrogen-bond donors (Lipinski definition) is 1. The molecule has 1 N–H and O–H groups in total. The van der Waals surface area contributed by atoms with Gasteiger partial charge in [-0.1, -0.05) is 30.3 Å². The summed E-state index contributed by atoms with van der Waals surface area (Å²) in [6, 6.07) is 22.0. The fraction of sp³-hybridized carbons (Fsp3) is 0.290. The average Bonchev–Trinajstić information content (AvgIpc) is 3.46. The first-order chi connectivity index (χ1) is 18.4. The van der Waals surface area contributed by atoms with E-state index in [1.807, 2.05) is 66.3 Å². The van der Waals surface area contributed by atoms with Crippen molar-refractivity contribution in [2.75, 3.05) is 30.4 Å². The minimum Gasteiger partial charge on any atom is -0.440 e. The van der Waals surface area contributed by atoms with Crippen LogP contribution >= 0.6 is 0 Å². The molecule has 6 rings (SSSR count). The molecule has 0 radical (unpaired) electrons. The van der Waals surface area contributed by atoms with Gasteiger partial charge in [0.2, 0.25) is 5.88 Å². The lowest BCUT2D eigenvalue weighted by molar-refractivity contribution is 0.0224. The molecule has 0 amide bonds. The SMILES string of the molecule is CCN(CC)c1ccc2c(c1)Oc1c(c(-c3ccc(NC)cc3)nn1C(C)C)C21OC(=O)c2ccccc21. The standard InChI is InChI=1S/C31H32N4O3/c1-6-34(7-2)22-16-17-25-26(18-22)37-29-27(31(25)24-11-9-8-10-23(24)30(36)38-31)28(33-35(29)19(3)4)20-12-14-21(32-5)15-13-20/h8-19,32H,6-7H2,1-5H3. The average molecular weight is 509 g/mol. The highest BCUT2D eigenvalue weighted by atomic mass is 16.6. The van der Waals surface area contributed by atoms with Gasteiger partial charge >= 0.3 is 5.97 Å². The van der Waals surface area contributed by atoms with Crippen LogP contribution in [-0.2, 0) is 10.3 Å². The van der Waals surface area contributed by atoms with Crippen molar-refractivity contribution in [3.8, 4) is 22.9 Å². The highest BCUT2D eigenvalue weighted by Crippen LogP contribution is 2.59. The minimum absolute atomic E-state index is 0.0194. The summed E-state index contributed by atoms with van der Waals surface area (Å²) >= 11 is 0. The molecule has 3 heterocycles. The smallest absolute Gasteiger partial charge is 0.340 e. The first kappa shape index (κ1) is 24.1. The minimum atomic E-state index is -1.18. The summed E-state index contributed by atoms with van der Waals surface area (Å²) in [4.78, 5) is 15.7. The summed E-state index contributed by atoms with van der Waals surface area (Å²) in [6.45, 7) is 10.2. The Labute approximate surface area is 223 Å². The van der Waals surface area contributed by atoms with Crippen LogP contribution < -0.4 is 15.0 Å². The van der Waals surface area contributed by atoms with Gasteiger partial charge < -0.3 is 19.7 Å². The number of esters is 1. The summed E-state index contributed by atoms with van der Waals surface area (Å²) in [5, 5.41) is 8.25. The van der Waals surface area contributed by atoms with Crippen LogP contribution in [0, 0.1) is 0 Å². The Morgan fingerprint density at radius 3 is 2.42 bits per heavy atom. The normalized spacial score (nSPS) is 17.1. The van der Waals surface area contributed by atoms with Crippen molar-refractivity contribution in [3.63, 3.8) is 0 Å². The van der Waals surface area contributed by atoms with Crippen LogP contribution in [0.2, 0.25) is 0 Å². The maximum atomic E-state index is 13.4. The molecule has 3 aromatic carbocycles. The van der Waals surface area contributed by atoms with Crippen molar-refractivity contribution in [1.29, 1.82) is 0 Å². The van der Waals surface area contributed by atoms with Gasteiger partial charge in [-0.3, -0.25) is 0 Å². The van der Waals surface area contributed by atoms with Crippen LogP contribution in [0.3, 0.4) is 0 Å².